The fourth-order valence-electron chi connectivity index (χ4n) is 3.49. The van der Waals surface area contributed by atoms with Gasteiger partial charge < -0.3 is 5.11 Å². The molecule has 1 aromatic carbocycles. The molecule has 1 fully saturated rings. The molecule has 1 aliphatic rings. The van der Waals surface area contributed by atoms with Crippen molar-refractivity contribution in [2.24, 2.45) is 0 Å². The lowest BCUT2D eigenvalue weighted by atomic mass is 9.77. The van der Waals surface area contributed by atoms with Gasteiger partial charge in [0.15, 0.2) is 0 Å². The van der Waals surface area contributed by atoms with E-state index in [0.29, 0.717) is 18.7 Å². The van der Waals surface area contributed by atoms with E-state index in [9.17, 15) is 13.5 Å². The minimum Gasteiger partial charge on any atom is -0.507 e. The van der Waals surface area contributed by atoms with Crippen LogP contribution in [0.1, 0.15) is 71.6 Å². The van der Waals surface area contributed by atoms with Crippen molar-refractivity contribution in [3.8, 4) is 5.75 Å². The minimum atomic E-state index is -3.19. The average Bonchev–Trinajstić information content (AvgIpc) is 2.70. The summed E-state index contributed by atoms with van der Waals surface area (Å²) in [4.78, 5) is 0. The van der Waals surface area contributed by atoms with Gasteiger partial charge in [0.25, 0.3) is 0 Å². The van der Waals surface area contributed by atoms with Gasteiger partial charge in [0, 0.05) is 24.2 Å². The van der Waals surface area contributed by atoms with Crippen LogP contribution in [0.5, 0.6) is 5.75 Å². The first-order chi connectivity index (χ1) is 11.3. The highest BCUT2D eigenvalue weighted by Gasteiger charge is 2.32. The Bertz CT molecular complexity index is 793. The van der Waals surface area contributed by atoms with Gasteiger partial charge in [0.05, 0.1) is 5.75 Å². The molecule has 25 heavy (non-hydrogen) atoms. The maximum absolute atomic E-state index is 12.2. The van der Waals surface area contributed by atoms with Crippen LogP contribution >= 0.6 is 0 Å². The lowest BCUT2D eigenvalue weighted by Gasteiger charge is -2.29. The third-order valence-electron chi connectivity index (χ3n) is 4.65. The summed E-state index contributed by atoms with van der Waals surface area (Å²) >= 11 is 0. The Morgan fingerprint density at radius 1 is 1.12 bits per heavy atom. The van der Waals surface area contributed by atoms with E-state index in [4.69, 9.17) is 0 Å². The van der Waals surface area contributed by atoms with E-state index in [1.54, 1.807) is 0 Å². The predicted molar refractivity (Wildman–Crippen MR) is 104 cm³/mol. The monoisotopic (exact) mass is 365 g/mol. The van der Waals surface area contributed by atoms with Crippen LogP contribution in [0, 0.1) is 0 Å². The summed E-state index contributed by atoms with van der Waals surface area (Å²) < 4.78 is 25.8. The first-order valence-electron chi connectivity index (χ1n) is 8.87. The van der Waals surface area contributed by atoms with E-state index in [-0.39, 0.29) is 16.6 Å². The van der Waals surface area contributed by atoms with Gasteiger partial charge in [0.2, 0.25) is 10.0 Å². The summed E-state index contributed by atoms with van der Waals surface area (Å²) in [5.74, 6) is 0.474. The molecule has 1 saturated heterocycles. The molecule has 1 aliphatic heterocycles. The Balaban J connectivity index is 2.67. The number of phenolic OH excluding ortho intramolecular Hbond substituents is 1. The number of sulfonamides is 1. The van der Waals surface area contributed by atoms with Crippen molar-refractivity contribution >= 4 is 16.1 Å². The van der Waals surface area contributed by atoms with E-state index in [1.807, 2.05) is 25.1 Å². The normalized spacial score (nSPS) is 19.6. The first kappa shape index (κ1) is 19.8. The smallest absolute Gasteiger partial charge is 0.235 e. The van der Waals surface area contributed by atoms with Crippen LogP contribution in [-0.2, 0) is 20.9 Å². The SMILES string of the molecule is CCN1/C(=C/c2ccc(C(C)(C)C)c(O)c2C(C)(C)C)CCS1(=O)=O. The van der Waals surface area contributed by atoms with Gasteiger partial charge in [-0.05, 0) is 35.0 Å². The van der Waals surface area contributed by atoms with E-state index < -0.39 is 10.0 Å². The molecule has 1 aromatic rings. The van der Waals surface area contributed by atoms with Crippen LogP contribution in [0.15, 0.2) is 17.8 Å². The van der Waals surface area contributed by atoms with Gasteiger partial charge in [0.1, 0.15) is 5.75 Å². The van der Waals surface area contributed by atoms with Crippen molar-refractivity contribution in [1.29, 1.82) is 0 Å². The highest BCUT2D eigenvalue weighted by molar-refractivity contribution is 7.89. The molecule has 4 nitrogen and oxygen atoms in total. The molecule has 1 heterocycles. The lowest BCUT2D eigenvalue weighted by molar-refractivity contribution is 0.423. The summed E-state index contributed by atoms with van der Waals surface area (Å²) in [5, 5.41) is 11.0. The van der Waals surface area contributed by atoms with Gasteiger partial charge in [-0.2, -0.15) is 0 Å². The summed E-state index contributed by atoms with van der Waals surface area (Å²) in [6.07, 6.45) is 2.45. The molecule has 140 valence electrons. The molecule has 0 aliphatic carbocycles. The maximum Gasteiger partial charge on any atom is 0.235 e. The number of hydrogen-bond donors (Lipinski definition) is 1. The van der Waals surface area contributed by atoms with Crippen LogP contribution in [0.25, 0.3) is 6.08 Å². The quantitative estimate of drug-likeness (QED) is 0.846. The van der Waals surface area contributed by atoms with Crippen LogP contribution < -0.4 is 0 Å². The van der Waals surface area contributed by atoms with Gasteiger partial charge >= 0.3 is 0 Å². The molecule has 5 heteroatoms. The van der Waals surface area contributed by atoms with Gasteiger partial charge in [-0.3, -0.25) is 4.31 Å². The molecule has 0 saturated carbocycles. The summed E-state index contributed by atoms with van der Waals surface area (Å²) in [6.45, 7) is 14.7. The Morgan fingerprint density at radius 3 is 2.20 bits per heavy atom. The fourth-order valence-corrected chi connectivity index (χ4v) is 5.07. The molecule has 0 unspecified atom stereocenters. The summed E-state index contributed by atoms with van der Waals surface area (Å²) in [6, 6.07) is 3.96. The van der Waals surface area contributed by atoms with Crippen molar-refractivity contribution in [2.45, 2.75) is 65.7 Å². The first-order valence-corrected chi connectivity index (χ1v) is 10.5. The average molecular weight is 366 g/mol. The van der Waals surface area contributed by atoms with Crippen LogP contribution in [0.2, 0.25) is 0 Å². The van der Waals surface area contributed by atoms with Crippen molar-refractivity contribution in [1.82, 2.24) is 4.31 Å². The van der Waals surface area contributed by atoms with Crippen LogP contribution in [0.3, 0.4) is 0 Å². The molecule has 0 amide bonds. The highest BCUT2D eigenvalue weighted by atomic mass is 32.2. The Morgan fingerprint density at radius 2 is 1.72 bits per heavy atom. The minimum absolute atomic E-state index is 0.156. The van der Waals surface area contributed by atoms with E-state index in [0.717, 1.165) is 22.4 Å². The Kier molecular flexibility index (Phi) is 5.03. The third-order valence-corrected chi connectivity index (χ3v) is 6.53. The van der Waals surface area contributed by atoms with E-state index in [2.05, 4.69) is 41.5 Å². The molecular formula is C20H31NO3S. The van der Waals surface area contributed by atoms with Crippen molar-refractivity contribution in [2.75, 3.05) is 12.3 Å². The van der Waals surface area contributed by atoms with Gasteiger partial charge in [-0.25, -0.2) is 8.42 Å². The molecule has 1 N–H and O–H groups in total. The topological polar surface area (TPSA) is 57.6 Å². The summed E-state index contributed by atoms with van der Waals surface area (Å²) in [5.41, 5.74) is 3.05. The number of benzene rings is 1. The lowest BCUT2D eigenvalue weighted by Crippen LogP contribution is -2.24. The number of hydrogen-bond acceptors (Lipinski definition) is 3. The second kappa shape index (κ2) is 6.35. The molecule has 0 bridgehead atoms. The Labute approximate surface area is 152 Å². The van der Waals surface area contributed by atoms with Crippen LogP contribution in [-0.4, -0.2) is 30.1 Å². The zero-order valence-corrected chi connectivity index (χ0v) is 17.3. The molecule has 0 radical (unpaired) electrons. The van der Waals surface area contributed by atoms with Gasteiger partial charge in [-0.15, -0.1) is 0 Å². The number of aromatic hydroxyl groups is 1. The number of nitrogens with zero attached hydrogens (tertiary/aromatic N) is 1. The molecule has 2 rings (SSSR count). The molecule has 0 aromatic heterocycles. The molecular weight excluding hydrogens is 334 g/mol. The number of phenols is 1. The maximum atomic E-state index is 12.2. The number of allylic oxidation sites excluding steroid dienone is 1. The third kappa shape index (κ3) is 3.86. The second-order valence-electron chi connectivity index (χ2n) is 8.79. The zero-order valence-electron chi connectivity index (χ0n) is 16.5. The fraction of sp³-hybridized carbons (Fsp3) is 0.600. The molecule has 0 atom stereocenters. The molecule has 0 spiro atoms. The predicted octanol–water partition coefficient (Wildman–Crippen LogP) is 4.38. The number of rotatable bonds is 2. The van der Waals surface area contributed by atoms with E-state index in [1.165, 1.54) is 4.31 Å². The van der Waals surface area contributed by atoms with Crippen LogP contribution in [0.4, 0.5) is 0 Å². The standard InChI is InChI=1S/C20H31NO3S/c1-8-21-15(11-12-25(21,23)24)13-14-9-10-16(19(2,3)4)18(22)17(14)20(5,6)7/h9-10,13,22H,8,11-12H2,1-7H3/b15-13+. The van der Waals surface area contributed by atoms with Crippen molar-refractivity contribution in [3.63, 3.8) is 0 Å². The highest BCUT2D eigenvalue weighted by Crippen LogP contribution is 2.42. The largest absolute Gasteiger partial charge is 0.507 e. The van der Waals surface area contributed by atoms with Crippen molar-refractivity contribution < 1.29 is 13.5 Å². The zero-order chi connectivity index (χ0) is 19.2. The Hall–Kier alpha value is -1.49. The summed E-state index contributed by atoms with van der Waals surface area (Å²) in [7, 11) is -3.19. The van der Waals surface area contributed by atoms with Gasteiger partial charge in [-0.1, -0.05) is 53.7 Å². The van der Waals surface area contributed by atoms with Crippen molar-refractivity contribution in [3.05, 3.63) is 34.5 Å². The van der Waals surface area contributed by atoms with E-state index >= 15 is 0 Å². The second-order valence-corrected chi connectivity index (χ2v) is 10.8.